The second-order valence-electron chi connectivity index (χ2n) is 5.51. The Bertz CT molecular complexity index is 612. The molecule has 0 radical (unpaired) electrons. The molecule has 1 heterocycles. The number of rotatable bonds is 3. The number of anilines is 1. The van der Waals surface area contributed by atoms with Crippen LogP contribution in [-0.2, 0) is 0 Å². The Balaban J connectivity index is 2.28. The van der Waals surface area contributed by atoms with Crippen molar-refractivity contribution in [2.45, 2.75) is 40.7 Å². The number of nitrogens with one attached hydrogen (secondary N) is 1. The summed E-state index contributed by atoms with van der Waals surface area (Å²) < 4.78 is 0.901. The molecule has 0 spiro atoms. The lowest BCUT2D eigenvalue weighted by molar-refractivity contribution is 0.859. The molecule has 2 aromatic rings. The van der Waals surface area contributed by atoms with E-state index in [0.29, 0.717) is 0 Å². The van der Waals surface area contributed by atoms with Gasteiger partial charge in [0.05, 0.1) is 11.9 Å². The Morgan fingerprint density at radius 1 is 1.00 bits per heavy atom. The SMILES string of the molecule is Cc1cc(C)c(C(C)Nc2cnc(Br)c(C)c2)c(C)c1. The topological polar surface area (TPSA) is 24.9 Å². The molecular weight excluding hydrogens is 312 g/mol. The van der Waals surface area contributed by atoms with Crippen molar-refractivity contribution in [2.75, 3.05) is 5.32 Å². The van der Waals surface area contributed by atoms with E-state index in [1.807, 2.05) is 6.20 Å². The molecule has 0 saturated heterocycles. The lowest BCUT2D eigenvalue weighted by atomic mass is 9.95. The summed E-state index contributed by atoms with van der Waals surface area (Å²) in [5, 5.41) is 3.54. The maximum absolute atomic E-state index is 4.34. The summed E-state index contributed by atoms with van der Waals surface area (Å²) in [6, 6.07) is 6.86. The van der Waals surface area contributed by atoms with Crippen LogP contribution in [0.4, 0.5) is 5.69 Å². The number of hydrogen-bond acceptors (Lipinski definition) is 2. The third-order valence-corrected chi connectivity index (χ3v) is 4.40. The summed E-state index contributed by atoms with van der Waals surface area (Å²) in [5.74, 6) is 0. The summed E-state index contributed by atoms with van der Waals surface area (Å²) >= 11 is 3.43. The maximum atomic E-state index is 4.34. The lowest BCUT2D eigenvalue weighted by Crippen LogP contribution is -2.10. The molecule has 1 aromatic carbocycles. The maximum Gasteiger partial charge on any atom is 0.109 e. The van der Waals surface area contributed by atoms with Gasteiger partial charge in [-0.3, -0.25) is 0 Å². The van der Waals surface area contributed by atoms with Crippen molar-refractivity contribution in [2.24, 2.45) is 0 Å². The van der Waals surface area contributed by atoms with Crippen molar-refractivity contribution in [1.29, 1.82) is 0 Å². The third-order valence-electron chi connectivity index (χ3n) is 3.57. The van der Waals surface area contributed by atoms with E-state index >= 15 is 0 Å². The molecule has 106 valence electrons. The molecule has 0 aliphatic rings. The van der Waals surface area contributed by atoms with E-state index in [1.165, 1.54) is 22.3 Å². The van der Waals surface area contributed by atoms with Gasteiger partial charge in [-0.05, 0) is 78.9 Å². The van der Waals surface area contributed by atoms with Crippen LogP contribution in [0.2, 0.25) is 0 Å². The van der Waals surface area contributed by atoms with Gasteiger partial charge >= 0.3 is 0 Å². The van der Waals surface area contributed by atoms with Gasteiger partial charge in [-0.15, -0.1) is 0 Å². The van der Waals surface area contributed by atoms with Crippen LogP contribution >= 0.6 is 15.9 Å². The molecule has 1 unspecified atom stereocenters. The zero-order valence-electron chi connectivity index (χ0n) is 12.7. The van der Waals surface area contributed by atoms with E-state index in [4.69, 9.17) is 0 Å². The van der Waals surface area contributed by atoms with Crippen molar-refractivity contribution >= 4 is 21.6 Å². The summed E-state index contributed by atoms with van der Waals surface area (Å²) in [5.41, 5.74) is 7.55. The Morgan fingerprint density at radius 3 is 2.15 bits per heavy atom. The zero-order valence-corrected chi connectivity index (χ0v) is 14.3. The number of pyridine rings is 1. The Morgan fingerprint density at radius 2 is 1.60 bits per heavy atom. The number of aromatic nitrogens is 1. The molecule has 0 amide bonds. The molecule has 0 fully saturated rings. The molecule has 2 nitrogen and oxygen atoms in total. The highest BCUT2D eigenvalue weighted by Gasteiger charge is 2.12. The minimum atomic E-state index is 0.262. The largest absolute Gasteiger partial charge is 0.377 e. The molecule has 0 aliphatic heterocycles. The van der Waals surface area contributed by atoms with Crippen LogP contribution in [0.15, 0.2) is 29.0 Å². The number of hydrogen-bond donors (Lipinski definition) is 1. The van der Waals surface area contributed by atoms with Crippen molar-refractivity contribution in [3.05, 3.63) is 56.8 Å². The summed E-state index contributed by atoms with van der Waals surface area (Å²) in [6.07, 6.45) is 1.87. The highest BCUT2D eigenvalue weighted by Crippen LogP contribution is 2.27. The Kier molecular flexibility index (Phi) is 4.48. The van der Waals surface area contributed by atoms with Crippen LogP contribution in [0, 0.1) is 27.7 Å². The smallest absolute Gasteiger partial charge is 0.109 e. The molecule has 1 atom stereocenters. The summed E-state index contributed by atoms with van der Waals surface area (Å²) in [6.45, 7) is 10.7. The lowest BCUT2D eigenvalue weighted by Gasteiger charge is -2.21. The minimum absolute atomic E-state index is 0.262. The summed E-state index contributed by atoms with van der Waals surface area (Å²) in [7, 11) is 0. The Hall–Kier alpha value is -1.35. The van der Waals surface area contributed by atoms with Crippen molar-refractivity contribution < 1.29 is 0 Å². The van der Waals surface area contributed by atoms with E-state index in [9.17, 15) is 0 Å². The number of nitrogens with zero attached hydrogens (tertiary/aromatic N) is 1. The van der Waals surface area contributed by atoms with Crippen LogP contribution < -0.4 is 5.32 Å². The summed E-state index contributed by atoms with van der Waals surface area (Å²) in [4.78, 5) is 4.34. The van der Waals surface area contributed by atoms with Crippen LogP contribution in [0.25, 0.3) is 0 Å². The second-order valence-corrected chi connectivity index (χ2v) is 6.26. The molecule has 20 heavy (non-hydrogen) atoms. The van der Waals surface area contributed by atoms with Crippen LogP contribution in [0.3, 0.4) is 0 Å². The number of halogens is 1. The molecule has 0 aliphatic carbocycles. The number of aryl methyl sites for hydroxylation is 4. The van der Waals surface area contributed by atoms with Gasteiger partial charge in [-0.2, -0.15) is 0 Å². The predicted octanol–water partition coefficient (Wildman–Crippen LogP) is 5.25. The second kappa shape index (κ2) is 5.96. The molecular formula is C17H21BrN2. The quantitative estimate of drug-likeness (QED) is 0.776. The fourth-order valence-electron chi connectivity index (χ4n) is 2.83. The first kappa shape index (κ1) is 15.0. The molecule has 2 rings (SSSR count). The van der Waals surface area contributed by atoms with Crippen LogP contribution in [0.1, 0.15) is 40.8 Å². The fourth-order valence-corrected chi connectivity index (χ4v) is 3.05. The van der Waals surface area contributed by atoms with Crippen LogP contribution in [0.5, 0.6) is 0 Å². The zero-order chi connectivity index (χ0) is 14.9. The van der Waals surface area contributed by atoms with Crippen LogP contribution in [-0.4, -0.2) is 4.98 Å². The van der Waals surface area contributed by atoms with E-state index < -0.39 is 0 Å². The normalized spacial score (nSPS) is 12.3. The molecule has 0 saturated carbocycles. The van der Waals surface area contributed by atoms with Gasteiger partial charge in [-0.25, -0.2) is 4.98 Å². The average molecular weight is 333 g/mol. The fraction of sp³-hybridized carbons (Fsp3) is 0.353. The van der Waals surface area contributed by atoms with Gasteiger partial charge in [0.2, 0.25) is 0 Å². The van der Waals surface area contributed by atoms with Crippen molar-refractivity contribution in [3.63, 3.8) is 0 Å². The third kappa shape index (κ3) is 3.21. The highest BCUT2D eigenvalue weighted by atomic mass is 79.9. The van der Waals surface area contributed by atoms with Crippen molar-refractivity contribution in [1.82, 2.24) is 4.98 Å². The molecule has 1 N–H and O–H groups in total. The van der Waals surface area contributed by atoms with Crippen molar-refractivity contribution in [3.8, 4) is 0 Å². The number of benzene rings is 1. The Labute approximate surface area is 129 Å². The minimum Gasteiger partial charge on any atom is -0.377 e. The van der Waals surface area contributed by atoms with Gasteiger partial charge in [-0.1, -0.05) is 17.7 Å². The van der Waals surface area contributed by atoms with Gasteiger partial charge in [0.25, 0.3) is 0 Å². The first-order valence-electron chi connectivity index (χ1n) is 6.85. The predicted molar refractivity (Wildman–Crippen MR) is 89.4 cm³/mol. The molecule has 0 bridgehead atoms. The standard InChI is InChI=1S/C17H21BrN2/c1-10-6-11(2)16(12(3)7-10)14(5)20-15-8-13(4)17(18)19-9-15/h6-9,14,20H,1-5H3. The first-order valence-corrected chi connectivity index (χ1v) is 7.64. The van der Waals surface area contributed by atoms with Gasteiger partial charge in [0, 0.05) is 6.04 Å². The molecule has 1 aromatic heterocycles. The van der Waals surface area contributed by atoms with Gasteiger partial charge < -0.3 is 5.32 Å². The molecule has 3 heteroatoms. The average Bonchev–Trinajstić information content (AvgIpc) is 2.32. The van der Waals surface area contributed by atoms with E-state index in [2.05, 4.69) is 79.0 Å². The van der Waals surface area contributed by atoms with E-state index in [-0.39, 0.29) is 6.04 Å². The first-order chi connectivity index (χ1) is 9.38. The van der Waals surface area contributed by atoms with E-state index in [1.54, 1.807) is 0 Å². The van der Waals surface area contributed by atoms with Gasteiger partial charge in [0.15, 0.2) is 0 Å². The van der Waals surface area contributed by atoms with E-state index in [0.717, 1.165) is 15.9 Å². The highest BCUT2D eigenvalue weighted by molar-refractivity contribution is 9.10. The monoisotopic (exact) mass is 332 g/mol. The van der Waals surface area contributed by atoms with Gasteiger partial charge in [0.1, 0.15) is 4.60 Å².